The molecule has 8 nitrogen and oxygen atoms in total. The minimum absolute atomic E-state index is 0.189. The fourth-order valence-electron chi connectivity index (χ4n) is 2.82. The quantitative estimate of drug-likeness (QED) is 0.415. The topological polar surface area (TPSA) is 101 Å². The van der Waals surface area contributed by atoms with Crippen molar-refractivity contribution in [1.29, 1.82) is 5.26 Å². The molecule has 1 heterocycles. The van der Waals surface area contributed by atoms with Crippen molar-refractivity contribution >= 4 is 23.6 Å². The van der Waals surface area contributed by atoms with Crippen LogP contribution in [0.5, 0.6) is 11.5 Å². The van der Waals surface area contributed by atoms with E-state index >= 15 is 0 Å². The fourth-order valence-corrected chi connectivity index (χ4v) is 2.82. The molecule has 0 aliphatic carbocycles. The number of hydrogen-bond acceptors (Lipinski definition) is 7. The van der Waals surface area contributed by atoms with E-state index in [9.17, 15) is 14.9 Å². The predicted octanol–water partition coefficient (Wildman–Crippen LogP) is 2.16. The van der Waals surface area contributed by atoms with E-state index in [2.05, 4.69) is 5.32 Å². The Morgan fingerprint density at radius 3 is 2.58 bits per heavy atom. The summed E-state index contributed by atoms with van der Waals surface area (Å²) in [5.74, 6) is -0.0861. The van der Waals surface area contributed by atoms with Crippen LogP contribution in [0, 0.1) is 11.3 Å². The number of rotatable bonds is 7. The van der Waals surface area contributed by atoms with Crippen molar-refractivity contribution in [2.45, 2.75) is 6.10 Å². The molecule has 1 unspecified atom stereocenters. The molecular formula is C23H23N3O5. The lowest BCUT2D eigenvalue weighted by atomic mass is 10.1. The van der Waals surface area contributed by atoms with Gasteiger partial charge in [0.15, 0.2) is 18.1 Å². The Morgan fingerprint density at radius 1 is 1.19 bits per heavy atom. The number of hydrogen-bond donors (Lipinski definition) is 1. The summed E-state index contributed by atoms with van der Waals surface area (Å²) in [4.78, 5) is 26.1. The maximum Gasteiger partial charge on any atom is 0.349 e. The molecule has 2 aromatic carbocycles. The SMILES string of the molecule is CN(C)c1ccc(/C=C(\C#N)C(=O)OCC(=O)NCC2COc3ccccc3O2)cc1. The van der Waals surface area contributed by atoms with Gasteiger partial charge in [-0.25, -0.2) is 4.79 Å². The van der Waals surface area contributed by atoms with E-state index in [1.165, 1.54) is 6.08 Å². The van der Waals surface area contributed by atoms with Gasteiger partial charge in [-0.1, -0.05) is 24.3 Å². The van der Waals surface area contributed by atoms with Crippen LogP contribution in [-0.2, 0) is 14.3 Å². The summed E-state index contributed by atoms with van der Waals surface area (Å²) in [6, 6.07) is 16.4. The Labute approximate surface area is 180 Å². The highest BCUT2D eigenvalue weighted by atomic mass is 16.6. The van der Waals surface area contributed by atoms with Gasteiger partial charge >= 0.3 is 5.97 Å². The molecule has 0 fully saturated rings. The number of ether oxygens (including phenoxy) is 3. The number of carbonyl (C=O) groups excluding carboxylic acids is 2. The first-order valence-corrected chi connectivity index (χ1v) is 9.67. The number of amides is 1. The highest BCUT2D eigenvalue weighted by molar-refractivity contribution is 5.98. The summed E-state index contributed by atoms with van der Waals surface area (Å²) in [6.07, 6.45) is 1.07. The smallest absolute Gasteiger partial charge is 0.349 e. The van der Waals surface area contributed by atoms with Crippen LogP contribution in [0.25, 0.3) is 6.08 Å². The van der Waals surface area contributed by atoms with Crippen molar-refractivity contribution in [3.05, 3.63) is 59.7 Å². The van der Waals surface area contributed by atoms with Crippen LogP contribution in [0.3, 0.4) is 0 Å². The summed E-state index contributed by atoms with van der Waals surface area (Å²) in [7, 11) is 3.83. The fraction of sp³-hybridized carbons (Fsp3) is 0.261. The van der Waals surface area contributed by atoms with Gasteiger partial charge in [-0.3, -0.25) is 4.79 Å². The first-order chi connectivity index (χ1) is 15.0. The highest BCUT2D eigenvalue weighted by Crippen LogP contribution is 2.30. The number of carbonyl (C=O) groups is 2. The second-order valence-corrected chi connectivity index (χ2v) is 7.03. The van der Waals surface area contributed by atoms with Crippen molar-refractivity contribution in [1.82, 2.24) is 5.32 Å². The Morgan fingerprint density at radius 2 is 1.90 bits per heavy atom. The van der Waals surface area contributed by atoms with E-state index in [1.807, 2.05) is 49.3 Å². The van der Waals surface area contributed by atoms with Gasteiger partial charge < -0.3 is 24.4 Å². The number of benzene rings is 2. The molecule has 2 aromatic rings. The average molecular weight is 421 g/mol. The van der Waals surface area contributed by atoms with Crippen molar-refractivity contribution in [2.75, 3.05) is 38.8 Å². The molecular weight excluding hydrogens is 398 g/mol. The van der Waals surface area contributed by atoms with E-state index in [0.717, 1.165) is 5.69 Å². The molecule has 8 heteroatoms. The standard InChI is InChI=1S/C23H23N3O5/c1-26(2)18-9-7-16(8-10-18)11-17(12-24)23(28)30-15-22(27)25-13-19-14-29-20-5-3-4-6-21(20)31-19/h3-11,19H,13-15H2,1-2H3,(H,25,27)/b17-11+. The third-order valence-corrected chi connectivity index (χ3v) is 4.49. The van der Waals surface area contributed by atoms with Crippen molar-refractivity contribution in [3.63, 3.8) is 0 Å². The predicted molar refractivity (Wildman–Crippen MR) is 115 cm³/mol. The van der Waals surface area contributed by atoms with Crippen molar-refractivity contribution < 1.29 is 23.8 Å². The monoisotopic (exact) mass is 421 g/mol. The summed E-state index contributed by atoms with van der Waals surface area (Å²) in [5, 5.41) is 11.9. The second kappa shape index (κ2) is 10.2. The first-order valence-electron chi connectivity index (χ1n) is 9.67. The minimum Gasteiger partial charge on any atom is -0.486 e. The molecule has 0 aromatic heterocycles. The molecule has 160 valence electrons. The number of fused-ring (bicyclic) bond motifs is 1. The van der Waals surface area contributed by atoms with Crippen molar-refractivity contribution in [3.8, 4) is 17.6 Å². The summed E-state index contributed by atoms with van der Waals surface area (Å²) in [5.41, 5.74) is 1.48. The Hall–Kier alpha value is -3.99. The number of para-hydroxylation sites is 2. The summed E-state index contributed by atoms with van der Waals surface area (Å²) >= 11 is 0. The van der Waals surface area contributed by atoms with E-state index in [4.69, 9.17) is 14.2 Å². The van der Waals surface area contributed by atoms with Gasteiger partial charge in [0, 0.05) is 19.8 Å². The molecule has 0 saturated carbocycles. The van der Waals surface area contributed by atoms with Crippen LogP contribution in [0.2, 0.25) is 0 Å². The molecule has 0 radical (unpaired) electrons. The minimum atomic E-state index is -0.861. The zero-order valence-corrected chi connectivity index (χ0v) is 17.3. The molecule has 0 spiro atoms. The third kappa shape index (κ3) is 6.00. The average Bonchev–Trinajstić information content (AvgIpc) is 2.79. The zero-order valence-electron chi connectivity index (χ0n) is 17.3. The van der Waals surface area contributed by atoms with Crippen LogP contribution in [0.4, 0.5) is 5.69 Å². The van der Waals surface area contributed by atoms with Crippen molar-refractivity contribution in [2.24, 2.45) is 0 Å². The van der Waals surface area contributed by atoms with Gasteiger partial charge in [0.25, 0.3) is 5.91 Å². The van der Waals surface area contributed by atoms with Gasteiger partial charge in [0.2, 0.25) is 0 Å². The van der Waals surface area contributed by atoms with Crippen LogP contribution < -0.4 is 19.7 Å². The zero-order chi connectivity index (χ0) is 22.2. The van der Waals surface area contributed by atoms with Gasteiger partial charge in [0.1, 0.15) is 24.4 Å². The van der Waals surface area contributed by atoms with E-state index in [-0.39, 0.29) is 18.2 Å². The van der Waals surface area contributed by atoms with Gasteiger partial charge in [-0.2, -0.15) is 5.26 Å². The lowest BCUT2D eigenvalue weighted by Crippen LogP contribution is -2.42. The molecule has 31 heavy (non-hydrogen) atoms. The van der Waals surface area contributed by atoms with Crippen LogP contribution in [0.15, 0.2) is 54.1 Å². The highest BCUT2D eigenvalue weighted by Gasteiger charge is 2.21. The molecule has 1 amide bonds. The Kier molecular flexibility index (Phi) is 7.12. The molecule has 1 atom stereocenters. The number of nitriles is 1. The van der Waals surface area contributed by atoms with Crippen LogP contribution in [0.1, 0.15) is 5.56 Å². The number of esters is 1. The van der Waals surface area contributed by atoms with E-state index < -0.39 is 18.5 Å². The Bertz CT molecular complexity index is 1010. The number of nitrogens with one attached hydrogen (secondary N) is 1. The molecule has 1 aliphatic rings. The second-order valence-electron chi connectivity index (χ2n) is 7.03. The molecule has 0 bridgehead atoms. The van der Waals surface area contributed by atoms with E-state index in [1.54, 1.807) is 24.3 Å². The van der Waals surface area contributed by atoms with E-state index in [0.29, 0.717) is 23.7 Å². The van der Waals surface area contributed by atoms with Gasteiger partial charge in [0.05, 0.1) is 6.54 Å². The first kappa shape index (κ1) is 21.7. The largest absolute Gasteiger partial charge is 0.486 e. The number of nitrogens with zero attached hydrogens (tertiary/aromatic N) is 2. The van der Waals surface area contributed by atoms with Crippen LogP contribution in [-0.4, -0.2) is 51.8 Å². The normalized spacial score (nSPS) is 14.9. The maximum absolute atomic E-state index is 12.2. The van der Waals surface area contributed by atoms with Gasteiger partial charge in [-0.05, 0) is 35.9 Å². The lowest BCUT2D eigenvalue weighted by molar-refractivity contribution is -0.144. The van der Waals surface area contributed by atoms with Crippen LogP contribution >= 0.6 is 0 Å². The maximum atomic E-state index is 12.2. The third-order valence-electron chi connectivity index (χ3n) is 4.49. The lowest BCUT2D eigenvalue weighted by Gasteiger charge is -2.26. The molecule has 1 aliphatic heterocycles. The van der Waals surface area contributed by atoms with Gasteiger partial charge in [-0.15, -0.1) is 0 Å². The summed E-state index contributed by atoms with van der Waals surface area (Å²) in [6.45, 7) is -0.00349. The number of anilines is 1. The molecule has 0 saturated heterocycles. The molecule has 1 N–H and O–H groups in total. The Balaban J connectivity index is 1.46. The summed E-state index contributed by atoms with van der Waals surface area (Å²) < 4.78 is 16.3. The molecule has 3 rings (SSSR count).